The Morgan fingerprint density at radius 1 is 1.15 bits per heavy atom. The molecule has 34 heavy (non-hydrogen) atoms. The van der Waals surface area contributed by atoms with E-state index in [1.54, 1.807) is 23.9 Å². The van der Waals surface area contributed by atoms with Crippen LogP contribution in [0.15, 0.2) is 67.1 Å². The van der Waals surface area contributed by atoms with Gasteiger partial charge in [-0.3, -0.25) is 4.79 Å². The zero-order valence-electron chi connectivity index (χ0n) is 19.7. The Kier molecular flexibility index (Phi) is 7.47. The Hall–Kier alpha value is -3.81. The molecule has 1 aliphatic heterocycles. The smallest absolute Gasteiger partial charge is 0.236 e. The van der Waals surface area contributed by atoms with Gasteiger partial charge in [0.05, 0.1) is 25.4 Å². The monoisotopic (exact) mass is 461 g/mol. The minimum absolute atomic E-state index is 0.218. The molecule has 1 aliphatic rings. The van der Waals surface area contributed by atoms with E-state index in [1.807, 2.05) is 36.4 Å². The highest BCUT2D eigenvalue weighted by molar-refractivity contribution is 5.96. The molecule has 4 rings (SSSR count). The number of ether oxygens (including phenoxy) is 2. The van der Waals surface area contributed by atoms with Crippen molar-refractivity contribution in [3.8, 4) is 11.5 Å². The first-order valence-electron chi connectivity index (χ1n) is 11.6. The van der Waals surface area contributed by atoms with Gasteiger partial charge in [0.2, 0.25) is 11.9 Å². The number of unbranched alkanes of at least 4 members (excludes halogenated alkanes) is 3. The number of fused-ring (bicyclic) bond motifs is 1. The van der Waals surface area contributed by atoms with Crippen molar-refractivity contribution < 1.29 is 14.3 Å². The van der Waals surface area contributed by atoms with E-state index < -0.39 is 12.0 Å². The SMILES string of the molecule is C=C1Nc2ncnn2C(c2ccc(OCCCCCC)cc2)C1C(=O)Nc1ccccc1OC. The summed E-state index contributed by atoms with van der Waals surface area (Å²) >= 11 is 0. The zero-order valence-corrected chi connectivity index (χ0v) is 19.7. The Labute approximate surface area is 200 Å². The van der Waals surface area contributed by atoms with Crippen molar-refractivity contribution in [1.82, 2.24) is 14.8 Å². The molecule has 8 heteroatoms. The van der Waals surface area contributed by atoms with Gasteiger partial charge in [-0.2, -0.15) is 10.1 Å². The number of nitrogens with one attached hydrogen (secondary N) is 2. The molecular formula is C26H31N5O3. The summed E-state index contributed by atoms with van der Waals surface area (Å²) in [6.45, 7) is 7.02. The number of rotatable bonds is 10. The molecule has 2 atom stereocenters. The van der Waals surface area contributed by atoms with Gasteiger partial charge >= 0.3 is 0 Å². The molecule has 1 aromatic heterocycles. The summed E-state index contributed by atoms with van der Waals surface area (Å²) in [5.74, 6) is 1.10. The molecule has 3 aromatic rings. The van der Waals surface area contributed by atoms with Crippen LogP contribution in [-0.2, 0) is 4.79 Å². The fourth-order valence-electron chi connectivity index (χ4n) is 4.17. The van der Waals surface area contributed by atoms with Crippen LogP contribution in [0.4, 0.5) is 11.6 Å². The molecule has 0 fully saturated rings. The predicted molar refractivity (Wildman–Crippen MR) is 132 cm³/mol. The first-order chi connectivity index (χ1) is 16.6. The summed E-state index contributed by atoms with van der Waals surface area (Å²) in [4.78, 5) is 17.8. The summed E-state index contributed by atoms with van der Waals surface area (Å²) in [5, 5.41) is 10.5. The Bertz CT molecular complexity index is 1130. The van der Waals surface area contributed by atoms with Crippen molar-refractivity contribution in [1.29, 1.82) is 0 Å². The first kappa shape index (κ1) is 23.4. The quantitative estimate of drug-likeness (QED) is 0.412. The lowest BCUT2D eigenvalue weighted by Gasteiger charge is -2.34. The molecule has 0 aliphatic carbocycles. The molecule has 2 heterocycles. The zero-order chi connectivity index (χ0) is 23.9. The van der Waals surface area contributed by atoms with Crippen LogP contribution in [0.1, 0.15) is 44.2 Å². The average Bonchev–Trinajstić information content (AvgIpc) is 3.32. The number of para-hydroxylation sites is 2. The molecule has 0 radical (unpaired) electrons. The maximum atomic E-state index is 13.5. The van der Waals surface area contributed by atoms with Crippen LogP contribution in [0.3, 0.4) is 0 Å². The second-order valence-electron chi connectivity index (χ2n) is 8.27. The summed E-state index contributed by atoms with van der Waals surface area (Å²) < 4.78 is 13.0. The lowest BCUT2D eigenvalue weighted by molar-refractivity contribution is -0.119. The van der Waals surface area contributed by atoms with Crippen LogP contribution in [0.2, 0.25) is 0 Å². The minimum atomic E-state index is -0.625. The Morgan fingerprint density at radius 2 is 1.94 bits per heavy atom. The third kappa shape index (κ3) is 5.06. The standard InChI is InChI=1S/C26H31N5O3/c1-4-5-6-9-16-34-20-14-12-19(13-15-20)24-23(18(2)29-26-27-17-28-31(24)26)25(32)30-21-10-7-8-11-22(21)33-3/h7-8,10-15,17,23-24H,2,4-6,9,16H2,1,3H3,(H,30,32)(H,27,28,29). The fourth-order valence-corrected chi connectivity index (χ4v) is 4.17. The van der Waals surface area contributed by atoms with Crippen molar-refractivity contribution >= 4 is 17.5 Å². The Morgan fingerprint density at radius 3 is 2.71 bits per heavy atom. The number of carbonyl (C=O) groups is 1. The highest BCUT2D eigenvalue weighted by Gasteiger charge is 2.39. The maximum absolute atomic E-state index is 13.5. The van der Waals surface area contributed by atoms with E-state index in [9.17, 15) is 4.79 Å². The van der Waals surface area contributed by atoms with Crippen molar-refractivity contribution in [3.05, 3.63) is 72.7 Å². The lowest BCUT2D eigenvalue weighted by Crippen LogP contribution is -2.39. The number of benzene rings is 2. The van der Waals surface area contributed by atoms with Gasteiger partial charge in [-0.15, -0.1) is 0 Å². The van der Waals surface area contributed by atoms with Gasteiger partial charge < -0.3 is 20.1 Å². The molecule has 0 bridgehead atoms. The number of methoxy groups -OCH3 is 1. The van der Waals surface area contributed by atoms with Crippen LogP contribution >= 0.6 is 0 Å². The number of nitrogens with zero attached hydrogens (tertiary/aromatic N) is 3. The topological polar surface area (TPSA) is 90.3 Å². The molecule has 178 valence electrons. The highest BCUT2D eigenvalue weighted by Crippen LogP contribution is 2.38. The molecule has 8 nitrogen and oxygen atoms in total. The minimum Gasteiger partial charge on any atom is -0.495 e. The summed E-state index contributed by atoms with van der Waals surface area (Å²) in [6.07, 6.45) is 6.10. The molecule has 1 amide bonds. The van der Waals surface area contributed by atoms with Gasteiger partial charge in [0.15, 0.2) is 0 Å². The fraction of sp³-hybridized carbons (Fsp3) is 0.346. The molecule has 2 unspecified atom stereocenters. The van der Waals surface area contributed by atoms with Crippen LogP contribution in [0, 0.1) is 5.92 Å². The molecular weight excluding hydrogens is 430 g/mol. The molecule has 0 saturated heterocycles. The van der Waals surface area contributed by atoms with Crippen LogP contribution in [0.5, 0.6) is 11.5 Å². The molecule has 2 N–H and O–H groups in total. The molecule has 0 spiro atoms. The highest BCUT2D eigenvalue weighted by atomic mass is 16.5. The van der Waals surface area contributed by atoms with Gasteiger partial charge in [-0.05, 0) is 36.2 Å². The number of anilines is 2. The average molecular weight is 462 g/mol. The lowest BCUT2D eigenvalue weighted by atomic mass is 9.88. The van der Waals surface area contributed by atoms with E-state index in [0.29, 0.717) is 29.7 Å². The van der Waals surface area contributed by atoms with Crippen molar-refractivity contribution in [2.24, 2.45) is 5.92 Å². The van der Waals surface area contributed by atoms with Crippen molar-refractivity contribution in [3.63, 3.8) is 0 Å². The largest absolute Gasteiger partial charge is 0.495 e. The van der Waals surface area contributed by atoms with Crippen LogP contribution < -0.4 is 20.1 Å². The second-order valence-corrected chi connectivity index (χ2v) is 8.27. The van der Waals surface area contributed by atoms with E-state index in [2.05, 4.69) is 34.2 Å². The van der Waals surface area contributed by atoms with E-state index in [0.717, 1.165) is 17.7 Å². The van der Waals surface area contributed by atoms with Crippen molar-refractivity contribution in [2.45, 2.75) is 38.6 Å². The summed E-state index contributed by atoms with van der Waals surface area (Å²) in [6, 6.07) is 14.7. The predicted octanol–water partition coefficient (Wildman–Crippen LogP) is 5.03. The number of aromatic nitrogens is 3. The van der Waals surface area contributed by atoms with Gasteiger partial charge in [0.25, 0.3) is 0 Å². The van der Waals surface area contributed by atoms with Gasteiger partial charge in [0, 0.05) is 5.70 Å². The molecule has 0 saturated carbocycles. The normalized spacial score (nSPS) is 16.9. The molecule has 2 aromatic carbocycles. The second kappa shape index (κ2) is 10.9. The van der Waals surface area contributed by atoms with E-state index in [-0.39, 0.29) is 5.91 Å². The number of carbonyl (C=O) groups excluding carboxylic acids is 1. The van der Waals surface area contributed by atoms with Crippen LogP contribution in [0.25, 0.3) is 0 Å². The van der Waals surface area contributed by atoms with E-state index >= 15 is 0 Å². The number of hydrogen-bond acceptors (Lipinski definition) is 6. The van der Waals surface area contributed by atoms with Gasteiger partial charge in [-0.1, -0.05) is 57.0 Å². The van der Waals surface area contributed by atoms with E-state index in [4.69, 9.17) is 9.47 Å². The first-order valence-corrected chi connectivity index (χ1v) is 11.6. The van der Waals surface area contributed by atoms with E-state index in [1.165, 1.54) is 25.6 Å². The third-order valence-corrected chi connectivity index (χ3v) is 5.94. The summed E-state index contributed by atoms with van der Waals surface area (Å²) in [5.41, 5.74) is 2.06. The number of hydrogen-bond donors (Lipinski definition) is 2. The van der Waals surface area contributed by atoms with Gasteiger partial charge in [-0.25, -0.2) is 4.68 Å². The third-order valence-electron chi connectivity index (χ3n) is 5.94. The maximum Gasteiger partial charge on any atom is 0.236 e. The van der Waals surface area contributed by atoms with Gasteiger partial charge in [0.1, 0.15) is 23.7 Å². The van der Waals surface area contributed by atoms with Crippen LogP contribution in [-0.4, -0.2) is 34.4 Å². The summed E-state index contributed by atoms with van der Waals surface area (Å²) in [7, 11) is 1.57. The number of amides is 1. The van der Waals surface area contributed by atoms with Crippen molar-refractivity contribution in [2.75, 3.05) is 24.4 Å². The Balaban J connectivity index is 1.57.